The normalized spacial score (nSPS) is 11.1. The van der Waals surface area contributed by atoms with Crippen LogP contribution in [0.2, 0.25) is 0 Å². The number of rotatable bonds is 15. The molecule has 1 aromatic carbocycles. The van der Waals surface area contributed by atoms with Crippen molar-refractivity contribution in [1.82, 2.24) is 9.97 Å². The average molecular weight is 399 g/mol. The first-order valence-corrected chi connectivity index (χ1v) is 10.7. The summed E-state index contributed by atoms with van der Waals surface area (Å²) in [6, 6.07) is 7.87. The van der Waals surface area contributed by atoms with Crippen molar-refractivity contribution in [2.75, 3.05) is 26.4 Å². The SMILES string of the molecule is CCCCC=CCOc1cnc(-c2ccc(OCCCCOCCC)cc2)nc1. The van der Waals surface area contributed by atoms with Gasteiger partial charge >= 0.3 is 0 Å². The number of aromatic nitrogens is 2. The van der Waals surface area contributed by atoms with Gasteiger partial charge in [-0.3, -0.25) is 0 Å². The van der Waals surface area contributed by atoms with Gasteiger partial charge in [-0.1, -0.05) is 38.8 Å². The number of hydrogen-bond donors (Lipinski definition) is 0. The van der Waals surface area contributed by atoms with E-state index < -0.39 is 0 Å². The first kappa shape index (κ1) is 22.9. The quantitative estimate of drug-likeness (QED) is 0.278. The van der Waals surface area contributed by atoms with E-state index in [2.05, 4.69) is 29.9 Å². The number of benzene rings is 1. The van der Waals surface area contributed by atoms with Crippen LogP contribution in [0.4, 0.5) is 0 Å². The Labute approximate surface area is 175 Å². The van der Waals surface area contributed by atoms with Crippen LogP contribution >= 0.6 is 0 Å². The van der Waals surface area contributed by atoms with Crippen molar-refractivity contribution in [1.29, 1.82) is 0 Å². The summed E-state index contributed by atoms with van der Waals surface area (Å²) in [5.74, 6) is 2.21. The molecule has 0 amide bonds. The molecule has 5 nitrogen and oxygen atoms in total. The fourth-order valence-electron chi connectivity index (χ4n) is 2.63. The van der Waals surface area contributed by atoms with Crippen molar-refractivity contribution in [2.45, 2.75) is 52.4 Å². The lowest BCUT2D eigenvalue weighted by Gasteiger charge is -2.08. The molecule has 0 aliphatic carbocycles. The number of hydrogen-bond acceptors (Lipinski definition) is 5. The van der Waals surface area contributed by atoms with E-state index in [1.54, 1.807) is 12.4 Å². The minimum absolute atomic E-state index is 0.545. The molecule has 158 valence electrons. The van der Waals surface area contributed by atoms with Crippen LogP contribution in [0.3, 0.4) is 0 Å². The molecule has 0 saturated carbocycles. The van der Waals surface area contributed by atoms with Crippen LogP contribution in [0, 0.1) is 0 Å². The van der Waals surface area contributed by atoms with Gasteiger partial charge in [0, 0.05) is 18.8 Å². The molecule has 0 radical (unpaired) electrons. The molecular weight excluding hydrogens is 364 g/mol. The highest BCUT2D eigenvalue weighted by atomic mass is 16.5. The maximum atomic E-state index is 5.78. The molecule has 5 heteroatoms. The van der Waals surface area contributed by atoms with Gasteiger partial charge in [-0.2, -0.15) is 0 Å². The van der Waals surface area contributed by atoms with E-state index in [9.17, 15) is 0 Å². The van der Waals surface area contributed by atoms with E-state index in [0.717, 1.165) is 50.2 Å². The molecule has 2 aromatic rings. The van der Waals surface area contributed by atoms with Crippen molar-refractivity contribution in [2.24, 2.45) is 0 Å². The summed E-state index contributed by atoms with van der Waals surface area (Å²) in [4.78, 5) is 8.81. The van der Waals surface area contributed by atoms with Gasteiger partial charge in [0.2, 0.25) is 0 Å². The maximum Gasteiger partial charge on any atom is 0.159 e. The Balaban J connectivity index is 1.71. The molecule has 0 N–H and O–H groups in total. The first-order valence-electron chi connectivity index (χ1n) is 10.7. The summed E-state index contributed by atoms with van der Waals surface area (Å²) in [5.41, 5.74) is 0.955. The summed E-state index contributed by atoms with van der Waals surface area (Å²) in [6.07, 6.45) is 14.2. The van der Waals surface area contributed by atoms with Gasteiger partial charge in [-0.25, -0.2) is 9.97 Å². The standard InChI is InChI=1S/C24H34N2O3/c1-3-5-6-7-8-17-29-23-19-25-24(26-20-23)21-11-13-22(14-12-21)28-18-10-9-16-27-15-4-2/h7-8,11-14,19-20H,3-6,9-10,15-18H2,1-2H3. The van der Waals surface area contributed by atoms with E-state index in [4.69, 9.17) is 14.2 Å². The number of unbranched alkanes of at least 4 members (excludes halogenated alkanes) is 3. The van der Waals surface area contributed by atoms with Crippen molar-refractivity contribution >= 4 is 0 Å². The van der Waals surface area contributed by atoms with Gasteiger partial charge in [-0.05, 0) is 49.9 Å². The van der Waals surface area contributed by atoms with Crippen molar-refractivity contribution in [3.8, 4) is 22.9 Å². The predicted molar refractivity (Wildman–Crippen MR) is 117 cm³/mol. The van der Waals surface area contributed by atoms with E-state index in [0.29, 0.717) is 24.8 Å². The van der Waals surface area contributed by atoms with E-state index in [1.165, 1.54) is 12.8 Å². The Bertz CT molecular complexity index is 684. The van der Waals surface area contributed by atoms with Gasteiger partial charge in [0.05, 0.1) is 19.0 Å². The summed E-state index contributed by atoms with van der Waals surface area (Å²) in [5, 5.41) is 0. The third kappa shape index (κ3) is 9.57. The monoisotopic (exact) mass is 398 g/mol. The molecule has 0 spiro atoms. The van der Waals surface area contributed by atoms with Crippen LogP contribution in [-0.2, 0) is 4.74 Å². The average Bonchev–Trinajstić information content (AvgIpc) is 2.76. The number of nitrogens with zero attached hydrogens (tertiary/aromatic N) is 2. The molecule has 0 bridgehead atoms. The number of allylic oxidation sites excluding steroid dienone is 1. The van der Waals surface area contributed by atoms with Crippen LogP contribution in [0.15, 0.2) is 48.8 Å². The van der Waals surface area contributed by atoms with E-state index in [-0.39, 0.29) is 0 Å². The van der Waals surface area contributed by atoms with Crippen molar-refractivity contribution in [3.05, 3.63) is 48.8 Å². The van der Waals surface area contributed by atoms with Gasteiger partial charge in [0.1, 0.15) is 12.4 Å². The van der Waals surface area contributed by atoms with Gasteiger partial charge in [0.25, 0.3) is 0 Å². The predicted octanol–water partition coefficient (Wildman–Crippen LogP) is 5.85. The van der Waals surface area contributed by atoms with Crippen LogP contribution in [0.25, 0.3) is 11.4 Å². The Hall–Kier alpha value is -2.40. The molecule has 0 aliphatic heterocycles. The Kier molecular flexibility index (Phi) is 11.5. The third-order valence-corrected chi connectivity index (χ3v) is 4.28. The summed E-state index contributed by atoms with van der Waals surface area (Å²) in [7, 11) is 0. The lowest BCUT2D eigenvalue weighted by molar-refractivity contribution is 0.127. The Morgan fingerprint density at radius 3 is 2.24 bits per heavy atom. The third-order valence-electron chi connectivity index (χ3n) is 4.28. The zero-order valence-electron chi connectivity index (χ0n) is 17.8. The maximum absolute atomic E-state index is 5.78. The fraction of sp³-hybridized carbons (Fsp3) is 0.500. The zero-order valence-corrected chi connectivity index (χ0v) is 17.8. The molecule has 1 heterocycles. The highest BCUT2D eigenvalue weighted by Crippen LogP contribution is 2.20. The van der Waals surface area contributed by atoms with Crippen molar-refractivity contribution < 1.29 is 14.2 Å². The minimum atomic E-state index is 0.545. The second kappa shape index (κ2) is 14.6. The largest absolute Gasteiger partial charge is 0.494 e. The Morgan fingerprint density at radius 1 is 0.759 bits per heavy atom. The van der Waals surface area contributed by atoms with Gasteiger partial charge in [-0.15, -0.1) is 0 Å². The van der Waals surface area contributed by atoms with Crippen LogP contribution in [0.5, 0.6) is 11.5 Å². The van der Waals surface area contributed by atoms with Crippen LogP contribution in [-0.4, -0.2) is 36.4 Å². The van der Waals surface area contributed by atoms with E-state index in [1.807, 2.05) is 30.3 Å². The highest BCUT2D eigenvalue weighted by Gasteiger charge is 2.03. The Morgan fingerprint density at radius 2 is 1.52 bits per heavy atom. The number of ether oxygens (including phenoxy) is 3. The molecule has 1 aromatic heterocycles. The molecule has 0 unspecified atom stereocenters. The molecule has 0 fully saturated rings. The lowest BCUT2D eigenvalue weighted by Crippen LogP contribution is -2.01. The van der Waals surface area contributed by atoms with Crippen molar-refractivity contribution in [3.63, 3.8) is 0 Å². The molecule has 2 rings (SSSR count). The molecule has 0 aliphatic rings. The van der Waals surface area contributed by atoms with Crippen LogP contribution in [0.1, 0.15) is 52.4 Å². The molecular formula is C24H34N2O3. The lowest BCUT2D eigenvalue weighted by atomic mass is 10.2. The van der Waals surface area contributed by atoms with Gasteiger partial charge < -0.3 is 14.2 Å². The van der Waals surface area contributed by atoms with Crippen LogP contribution < -0.4 is 9.47 Å². The first-order chi connectivity index (χ1) is 14.3. The molecule has 29 heavy (non-hydrogen) atoms. The minimum Gasteiger partial charge on any atom is -0.494 e. The smallest absolute Gasteiger partial charge is 0.159 e. The second-order valence-electron chi connectivity index (χ2n) is 6.86. The fourth-order valence-corrected chi connectivity index (χ4v) is 2.63. The van der Waals surface area contributed by atoms with E-state index >= 15 is 0 Å². The highest BCUT2D eigenvalue weighted by molar-refractivity contribution is 5.56. The second-order valence-corrected chi connectivity index (χ2v) is 6.86. The topological polar surface area (TPSA) is 53.5 Å². The summed E-state index contributed by atoms with van der Waals surface area (Å²) in [6.45, 7) is 7.20. The zero-order chi connectivity index (χ0) is 20.6. The van der Waals surface area contributed by atoms with Gasteiger partial charge in [0.15, 0.2) is 11.6 Å². The summed E-state index contributed by atoms with van der Waals surface area (Å²) >= 11 is 0. The molecule has 0 saturated heterocycles. The summed E-state index contributed by atoms with van der Waals surface area (Å²) < 4.78 is 16.9. The molecule has 0 atom stereocenters.